The lowest BCUT2D eigenvalue weighted by atomic mass is 10.2. The fraction of sp³-hybridized carbons (Fsp3) is 0.0588. The van der Waals surface area contributed by atoms with E-state index in [-0.39, 0.29) is 11.4 Å². The highest BCUT2D eigenvalue weighted by molar-refractivity contribution is 7.98. The number of para-hydroxylation sites is 1. The van der Waals surface area contributed by atoms with Gasteiger partial charge in [-0.15, -0.1) is 15.3 Å². The number of nitrogens with one attached hydrogen (secondary N) is 1. The number of aromatic amines is 1. The van der Waals surface area contributed by atoms with Gasteiger partial charge in [-0.3, -0.25) is 4.79 Å². The minimum atomic E-state index is -0.192. The van der Waals surface area contributed by atoms with Gasteiger partial charge in [0.25, 0.3) is 5.56 Å². The molecule has 0 saturated carbocycles. The Bertz CT molecular complexity index is 1330. The average molecular weight is 361 g/mol. The SMILES string of the molecule is O=c1c2ccccc2nnn1CSc1nnc2c(n1)[nH]c1ccccc12. The quantitative estimate of drug-likeness (QED) is 0.492. The van der Waals surface area contributed by atoms with Crippen molar-refractivity contribution in [1.82, 2.24) is 35.2 Å². The standard InChI is InChI=1S/C17H11N7OS/c25-16-11-6-2-4-8-13(11)20-23-24(16)9-26-17-19-15-14(21-22-17)10-5-1-3-7-12(10)18-15/h1-8H,9H2,(H,18,19,22). The topological polar surface area (TPSA) is 102 Å². The van der Waals surface area contributed by atoms with E-state index in [4.69, 9.17) is 0 Å². The van der Waals surface area contributed by atoms with Crippen molar-refractivity contribution in [2.24, 2.45) is 0 Å². The predicted octanol–water partition coefficient (Wildman–Crippen LogP) is 2.36. The number of benzene rings is 2. The van der Waals surface area contributed by atoms with Crippen molar-refractivity contribution in [3.63, 3.8) is 0 Å². The van der Waals surface area contributed by atoms with Crippen molar-refractivity contribution < 1.29 is 0 Å². The van der Waals surface area contributed by atoms with Gasteiger partial charge in [0.2, 0.25) is 5.16 Å². The second-order valence-electron chi connectivity index (χ2n) is 5.65. The summed E-state index contributed by atoms with van der Waals surface area (Å²) in [5.41, 5.74) is 2.75. The zero-order valence-corrected chi connectivity index (χ0v) is 14.1. The number of rotatable bonds is 3. The molecule has 0 saturated heterocycles. The third-order valence-electron chi connectivity index (χ3n) is 4.05. The van der Waals surface area contributed by atoms with Crippen LogP contribution in [-0.2, 0) is 5.88 Å². The van der Waals surface area contributed by atoms with E-state index in [0.29, 0.717) is 21.7 Å². The first-order chi connectivity index (χ1) is 12.8. The first kappa shape index (κ1) is 15.0. The highest BCUT2D eigenvalue weighted by Gasteiger charge is 2.10. The smallest absolute Gasteiger partial charge is 0.278 e. The molecule has 0 aliphatic carbocycles. The molecule has 0 aliphatic rings. The van der Waals surface area contributed by atoms with E-state index in [1.165, 1.54) is 16.4 Å². The minimum absolute atomic E-state index is 0.192. The van der Waals surface area contributed by atoms with Crippen LogP contribution in [0, 0.1) is 0 Å². The van der Waals surface area contributed by atoms with Gasteiger partial charge in [-0.1, -0.05) is 47.3 Å². The first-order valence-electron chi connectivity index (χ1n) is 7.86. The van der Waals surface area contributed by atoms with Crippen molar-refractivity contribution >= 4 is 44.7 Å². The minimum Gasteiger partial charge on any atom is -0.338 e. The number of fused-ring (bicyclic) bond motifs is 4. The maximum atomic E-state index is 12.5. The second kappa shape index (κ2) is 5.88. The van der Waals surface area contributed by atoms with Crippen LogP contribution in [0.1, 0.15) is 0 Å². The predicted molar refractivity (Wildman–Crippen MR) is 98.8 cm³/mol. The molecule has 8 nitrogen and oxygen atoms in total. The third kappa shape index (κ3) is 2.40. The maximum absolute atomic E-state index is 12.5. The summed E-state index contributed by atoms with van der Waals surface area (Å²) in [4.78, 5) is 20.2. The molecule has 0 amide bonds. The number of H-pyrrole nitrogens is 1. The molecular weight excluding hydrogens is 350 g/mol. The van der Waals surface area contributed by atoms with Gasteiger partial charge in [0.05, 0.1) is 11.3 Å². The maximum Gasteiger partial charge on any atom is 0.278 e. The molecule has 5 rings (SSSR count). The van der Waals surface area contributed by atoms with Crippen molar-refractivity contribution in [2.75, 3.05) is 0 Å². The molecular formula is C17H11N7OS. The van der Waals surface area contributed by atoms with Gasteiger partial charge in [0.1, 0.15) is 11.0 Å². The monoisotopic (exact) mass is 361 g/mol. The third-order valence-corrected chi connectivity index (χ3v) is 4.85. The van der Waals surface area contributed by atoms with Crippen molar-refractivity contribution in [3.05, 3.63) is 58.9 Å². The molecule has 3 heterocycles. The van der Waals surface area contributed by atoms with Crippen LogP contribution in [0.4, 0.5) is 0 Å². The van der Waals surface area contributed by atoms with E-state index in [1.807, 2.05) is 30.3 Å². The number of nitrogens with zero attached hydrogens (tertiary/aromatic N) is 6. The normalized spacial score (nSPS) is 11.5. The Kier molecular flexibility index (Phi) is 3.39. The van der Waals surface area contributed by atoms with Gasteiger partial charge in [-0.2, -0.15) is 4.68 Å². The molecule has 0 fully saturated rings. The number of hydrogen-bond acceptors (Lipinski definition) is 7. The summed E-state index contributed by atoms with van der Waals surface area (Å²) in [6.45, 7) is 0. The summed E-state index contributed by atoms with van der Waals surface area (Å²) in [6, 6.07) is 15.0. The molecule has 3 aromatic heterocycles. The molecule has 2 aromatic carbocycles. The zero-order valence-electron chi connectivity index (χ0n) is 13.3. The molecule has 0 unspecified atom stereocenters. The van der Waals surface area contributed by atoms with Gasteiger partial charge < -0.3 is 4.98 Å². The highest BCUT2D eigenvalue weighted by Crippen LogP contribution is 2.23. The lowest BCUT2D eigenvalue weighted by Gasteiger charge is -2.03. The van der Waals surface area contributed by atoms with Gasteiger partial charge in [0, 0.05) is 10.9 Å². The van der Waals surface area contributed by atoms with Crippen LogP contribution in [0.3, 0.4) is 0 Å². The van der Waals surface area contributed by atoms with Crippen LogP contribution in [0.5, 0.6) is 0 Å². The molecule has 5 aromatic rings. The van der Waals surface area contributed by atoms with Gasteiger partial charge >= 0.3 is 0 Å². The van der Waals surface area contributed by atoms with Crippen LogP contribution in [-0.4, -0.2) is 35.2 Å². The van der Waals surface area contributed by atoms with E-state index < -0.39 is 0 Å². The Morgan fingerprint density at radius 2 is 1.77 bits per heavy atom. The largest absolute Gasteiger partial charge is 0.338 e. The van der Waals surface area contributed by atoms with Crippen LogP contribution in [0.2, 0.25) is 0 Å². The fourth-order valence-corrected chi connectivity index (χ4v) is 3.45. The van der Waals surface area contributed by atoms with Crippen molar-refractivity contribution in [2.45, 2.75) is 11.0 Å². The fourth-order valence-electron chi connectivity index (χ4n) is 2.79. The van der Waals surface area contributed by atoms with E-state index >= 15 is 0 Å². The summed E-state index contributed by atoms with van der Waals surface area (Å²) < 4.78 is 1.30. The molecule has 0 radical (unpaired) electrons. The molecule has 126 valence electrons. The number of thioether (sulfide) groups is 1. The summed E-state index contributed by atoms with van der Waals surface area (Å²) >= 11 is 1.28. The molecule has 0 aliphatic heterocycles. The Morgan fingerprint density at radius 1 is 0.962 bits per heavy atom. The van der Waals surface area contributed by atoms with Crippen molar-refractivity contribution in [1.29, 1.82) is 0 Å². The molecule has 0 atom stereocenters. The number of aromatic nitrogens is 7. The lowest BCUT2D eigenvalue weighted by molar-refractivity contribution is 0.643. The van der Waals surface area contributed by atoms with Crippen LogP contribution < -0.4 is 5.56 Å². The second-order valence-corrected chi connectivity index (χ2v) is 6.56. The molecule has 0 spiro atoms. The summed E-state index contributed by atoms with van der Waals surface area (Å²) in [7, 11) is 0. The molecule has 26 heavy (non-hydrogen) atoms. The van der Waals surface area contributed by atoms with E-state index in [2.05, 4.69) is 30.5 Å². The van der Waals surface area contributed by atoms with Gasteiger partial charge in [0.15, 0.2) is 5.65 Å². The Balaban J connectivity index is 1.47. The molecule has 0 bridgehead atoms. The van der Waals surface area contributed by atoms with Crippen LogP contribution in [0.25, 0.3) is 33.0 Å². The van der Waals surface area contributed by atoms with Gasteiger partial charge in [-0.25, -0.2) is 4.98 Å². The molecule has 9 heteroatoms. The average Bonchev–Trinajstić information content (AvgIpc) is 3.05. The van der Waals surface area contributed by atoms with E-state index in [1.54, 1.807) is 18.2 Å². The lowest BCUT2D eigenvalue weighted by Crippen LogP contribution is -2.23. The first-order valence-corrected chi connectivity index (χ1v) is 8.85. The summed E-state index contributed by atoms with van der Waals surface area (Å²) in [6.07, 6.45) is 0. The Morgan fingerprint density at radius 3 is 2.69 bits per heavy atom. The van der Waals surface area contributed by atoms with E-state index in [0.717, 1.165) is 16.4 Å². The highest BCUT2D eigenvalue weighted by atomic mass is 32.2. The zero-order chi connectivity index (χ0) is 17.5. The van der Waals surface area contributed by atoms with Gasteiger partial charge in [-0.05, 0) is 18.2 Å². The Hall–Kier alpha value is -3.33. The van der Waals surface area contributed by atoms with Crippen LogP contribution >= 0.6 is 11.8 Å². The summed E-state index contributed by atoms with van der Waals surface area (Å²) in [5, 5.41) is 18.4. The Labute approximate surface area is 150 Å². The summed E-state index contributed by atoms with van der Waals surface area (Å²) in [5.74, 6) is 0.254. The number of hydrogen-bond donors (Lipinski definition) is 1. The van der Waals surface area contributed by atoms with Crippen LogP contribution in [0.15, 0.2) is 58.5 Å². The van der Waals surface area contributed by atoms with Crippen molar-refractivity contribution in [3.8, 4) is 0 Å². The molecule has 1 N–H and O–H groups in total. The van der Waals surface area contributed by atoms with E-state index in [9.17, 15) is 4.79 Å².